The Morgan fingerprint density at radius 2 is 0.475 bits per heavy atom. The maximum atomic E-state index is 12.3. The summed E-state index contributed by atoms with van der Waals surface area (Å²) < 4.78 is 0. The van der Waals surface area contributed by atoms with Crippen molar-refractivity contribution in [3.63, 3.8) is 0 Å². The molecule has 0 heterocycles. The molecule has 0 saturated carbocycles. The molecule has 4 heteroatoms. The van der Waals surface area contributed by atoms with Crippen LogP contribution in [0.5, 0.6) is 0 Å². The standard InChI is InChI=1S/3C12H25O.Al/c3*1-6-7-12(13,8-10(2)3)9-11(4)5;/h3*10-11H,6-9H2,1-5H3;/q3*-1;+3. The first-order chi connectivity index (χ1) is 17.7. The van der Waals surface area contributed by atoms with Gasteiger partial charge >= 0.3 is 17.4 Å². The van der Waals surface area contributed by atoms with Crippen molar-refractivity contribution in [3.05, 3.63) is 0 Å². The first-order valence-electron chi connectivity index (χ1n) is 16.8. The van der Waals surface area contributed by atoms with Crippen LogP contribution in [0.3, 0.4) is 0 Å². The molecule has 0 unspecified atom stereocenters. The van der Waals surface area contributed by atoms with Crippen LogP contribution < -0.4 is 15.3 Å². The van der Waals surface area contributed by atoms with Crippen molar-refractivity contribution in [1.29, 1.82) is 0 Å². The van der Waals surface area contributed by atoms with E-state index in [-0.39, 0.29) is 17.4 Å². The summed E-state index contributed by atoms with van der Waals surface area (Å²) >= 11 is 0. The summed E-state index contributed by atoms with van der Waals surface area (Å²) in [5, 5.41) is 37.0. The molecule has 0 fully saturated rings. The van der Waals surface area contributed by atoms with Crippen LogP contribution in [-0.2, 0) is 0 Å². The second-order valence-electron chi connectivity index (χ2n) is 15.4. The average Bonchev–Trinajstić information content (AvgIpc) is 2.64. The molecule has 0 spiro atoms. The summed E-state index contributed by atoms with van der Waals surface area (Å²) in [5.41, 5.74) is -1.97. The van der Waals surface area contributed by atoms with Crippen molar-refractivity contribution < 1.29 is 15.3 Å². The van der Waals surface area contributed by atoms with Crippen molar-refractivity contribution in [2.75, 3.05) is 0 Å². The van der Waals surface area contributed by atoms with E-state index in [1.54, 1.807) is 0 Å². The Bertz CT molecular complexity index is 434. The fraction of sp³-hybridized carbons (Fsp3) is 1.00. The second kappa shape index (κ2) is 24.8. The zero-order valence-corrected chi connectivity index (χ0v) is 31.4. The molecule has 0 bridgehead atoms. The van der Waals surface area contributed by atoms with Gasteiger partial charge in [-0.1, -0.05) is 181 Å². The van der Waals surface area contributed by atoms with E-state index in [1.165, 1.54) is 0 Å². The Balaban J connectivity index is -0.000000240. The molecule has 240 valence electrons. The smallest absolute Gasteiger partial charge is 0.849 e. The monoisotopic (exact) mass is 583 g/mol. The molecule has 0 aromatic carbocycles. The van der Waals surface area contributed by atoms with Crippen LogP contribution in [0.4, 0.5) is 0 Å². The van der Waals surface area contributed by atoms with Gasteiger partial charge in [-0.05, 0) is 35.5 Å². The van der Waals surface area contributed by atoms with Crippen LogP contribution in [-0.4, -0.2) is 34.2 Å². The van der Waals surface area contributed by atoms with E-state index in [0.717, 1.165) is 77.0 Å². The van der Waals surface area contributed by atoms with Crippen LogP contribution in [0.25, 0.3) is 0 Å². The Morgan fingerprint density at radius 1 is 0.350 bits per heavy atom. The molecule has 0 rings (SSSR count). The maximum Gasteiger partial charge on any atom is 3.00 e. The SMILES string of the molecule is CCCC([O-])(CC(C)C)CC(C)C.CCCC([O-])(CC(C)C)CC(C)C.CCCC([O-])(CC(C)C)CC(C)C.[Al+3]. The van der Waals surface area contributed by atoms with Crippen LogP contribution in [0.2, 0.25) is 0 Å². The van der Waals surface area contributed by atoms with Gasteiger partial charge in [0, 0.05) is 0 Å². The molecule has 3 nitrogen and oxygen atoms in total. The predicted octanol–water partition coefficient (Wildman–Crippen LogP) is 8.55. The maximum absolute atomic E-state index is 12.3. The summed E-state index contributed by atoms with van der Waals surface area (Å²) in [4.78, 5) is 0. The summed E-state index contributed by atoms with van der Waals surface area (Å²) in [7, 11) is 0. The Labute approximate surface area is 265 Å². The quantitative estimate of drug-likeness (QED) is 0.152. The third kappa shape index (κ3) is 29.9. The summed E-state index contributed by atoms with van der Waals surface area (Å²) in [6.07, 6.45) is 10.6. The Morgan fingerprint density at radius 3 is 0.550 bits per heavy atom. The Hall–Kier alpha value is 0.412. The molecule has 0 amide bonds. The van der Waals surface area contributed by atoms with Crippen molar-refractivity contribution in [1.82, 2.24) is 0 Å². The van der Waals surface area contributed by atoms with Crippen LogP contribution >= 0.6 is 0 Å². The minimum Gasteiger partial charge on any atom is -0.849 e. The fourth-order valence-electron chi connectivity index (χ4n) is 6.69. The average molecular weight is 583 g/mol. The molecule has 0 aliphatic carbocycles. The van der Waals surface area contributed by atoms with Gasteiger partial charge in [-0.3, -0.25) is 0 Å². The molecular weight excluding hydrogens is 507 g/mol. The van der Waals surface area contributed by atoms with Crippen LogP contribution in [0.15, 0.2) is 0 Å². The fourth-order valence-corrected chi connectivity index (χ4v) is 6.69. The summed E-state index contributed by atoms with van der Waals surface area (Å²) in [6, 6.07) is 0. The van der Waals surface area contributed by atoms with Gasteiger partial charge in [0.1, 0.15) is 0 Å². The van der Waals surface area contributed by atoms with Gasteiger partial charge in [-0.2, -0.15) is 0 Å². The van der Waals surface area contributed by atoms with E-state index in [4.69, 9.17) is 0 Å². The molecule has 0 N–H and O–H groups in total. The van der Waals surface area contributed by atoms with Crippen molar-refractivity contribution in [2.24, 2.45) is 35.5 Å². The van der Waals surface area contributed by atoms with E-state index in [0.29, 0.717) is 35.5 Å². The normalized spacial score (nSPS) is 12.6. The third-order valence-electron chi connectivity index (χ3n) is 6.80. The van der Waals surface area contributed by atoms with Crippen molar-refractivity contribution in [2.45, 2.75) is 198 Å². The van der Waals surface area contributed by atoms with E-state index < -0.39 is 16.8 Å². The number of rotatable bonds is 18. The second-order valence-corrected chi connectivity index (χ2v) is 15.4. The topological polar surface area (TPSA) is 69.2 Å². The zero-order chi connectivity index (χ0) is 31.4. The van der Waals surface area contributed by atoms with Crippen LogP contribution in [0, 0.1) is 35.5 Å². The van der Waals surface area contributed by atoms with Gasteiger partial charge in [0.05, 0.1) is 0 Å². The van der Waals surface area contributed by atoms with Gasteiger partial charge < -0.3 is 15.3 Å². The van der Waals surface area contributed by atoms with Gasteiger partial charge in [0.15, 0.2) is 0 Å². The molecule has 0 aliphatic rings. The molecule has 0 aromatic heterocycles. The molecule has 40 heavy (non-hydrogen) atoms. The minimum absolute atomic E-state index is 0. The largest absolute Gasteiger partial charge is 3.00 e. The van der Waals surface area contributed by atoms with Gasteiger partial charge in [0.2, 0.25) is 0 Å². The molecule has 0 aliphatic heterocycles. The Kier molecular flexibility index (Phi) is 29.4. The molecular formula is C36H75AlO3. The van der Waals surface area contributed by atoms with E-state index in [2.05, 4.69) is 104 Å². The van der Waals surface area contributed by atoms with Gasteiger partial charge in [-0.15, -0.1) is 16.8 Å². The van der Waals surface area contributed by atoms with Crippen LogP contribution in [0.1, 0.15) is 181 Å². The summed E-state index contributed by atoms with van der Waals surface area (Å²) in [5.74, 6) is 3.18. The first kappa shape index (κ1) is 47.3. The van der Waals surface area contributed by atoms with E-state index in [1.807, 2.05) is 0 Å². The van der Waals surface area contributed by atoms with Gasteiger partial charge in [0.25, 0.3) is 0 Å². The van der Waals surface area contributed by atoms with Crippen molar-refractivity contribution in [3.8, 4) is 0 Å². The molecule has 0 radical (unpaired) electrons. The first-order valence-corrected chi connectivity index (χ1v) is 16.8. The van der Waals surface area contributed by atoms with Crippen molar-refractivity contribution >= 4 is 17.4 Å². The number of hydrogen-bond acceptors (Lipinski definition) is 3. The minimum atomic E-state index is -0.656. The zero-order valence-electron chi connectivity index (χ0n) is 30.3. The molecule has 0 aromatic rings. The molecule has 0 saturated heterocycles. The van der Waals surface area contributed by atoms with Gasteiger partial charge in [-0.25, -0.2) is 0 Å². The number of hydrogen-bond donors (Lipinski definition) is 0. The molecule has 0 atom stereocenters. The third-order valence-corrected chi connectivity index (χ3v) is 6.80. The van der Waals surface area contributed by atoms with E-state index >= 15 is 0 Å². The summed E-state index contributed by atoms with van der Waals surface area (Å²) in [6.45, 7) is 32.0. The predicted molar refractivity (Wildman–Crippen MR) is 175 cm³/mol. The van der Waals surface area contributed by atoms with E-state index in [9.17, 15) is 15.3 Å².